The van der Waals surface area contributed by atoms with Crippen LogP contribution in [0, 0.1) is 6.92 Å². The van der Waals surface area contributed by atoms with Crippen molar-refractivity contribution in [3.05, 3.63) is 64.7 Å². The van der Waals surface area contributed by atoms with Crippen molar-refractivity contribution >= 4 is 23.4 Å². The van der Waals surface area contributed by atoms with Gasteiger partial charge < -0.3 is 15.0 Å². The van der Waals surface area contributed by atoms with Crippen molar-refractivity contribution in [2.75, 3.05) is 6.61 Å². The summed E-state index contributed by atoms with van der Waals surface area (Å²) in [5, 5.41) is 3.80. The number of aryl methyl sites for hydroxylation is 1. The van der Waals surface area contributed by atoms with Crippen LogP contribution in [0.5, 0.6) is 5.75 Å². The molecule has 32 heavy (non-hydrogen) atoms. The minimum atomic E-state index is -0.542. The summed E-state index contributed by atoms with van der Waals surface area (Å²) in [7, 11) is 0. The van der Waals surface area contributed by atoms with E-state index < -0.39 is 6.04 Å². The number of nitrogens with zero attached hydrogens (tertiary/aromatic N) is 1. The van der Waals surface area contributed by atoms with Gasteiger partial charge in [0.15, 0.2) is 6.61 Å². The number of carbonyl (C=O) groups is 2. The van der Waals surface area contributed by atoms with Crippen LogP contribution in [0.15, 0.2) is 48.5 Å². The lowest BCUT2D eigenvalue weighted by Gasteiger charge is -2.32. The Hall–Kier alpha value is -2.53. The van der Waals surface area contributed by atoms with Gasteiger partial charge in [-0.1, -0.05) is 67.6 Å². The molecule has 0 aromatic heterocycles. The summed E-state index contributed by atoms with van der Waals surface area (Å²) in [5.41, 5.74) is 2.14. The standard InChI is InChI=1S/C26H33ClN2O3/c1-3-24(26(31)28-22-7-5-4-6-8-22)29(17-20-11-9-19(2)10-12-20)25(30)18-32-23-15-13-21(27)14-16-23/h9-16,22,24H,3-8,17-18H2,1-2H3,(H,28,31)/t24-/m0/s1. The molecular formula is C26H33ClN2O3. The van der Waals surface area contributed by atoms with Crippen molar-refractivity contribution in [1.29, 1.82) is 0 Å². The molecule has 1 N–H and O–H groups in total. The highest BCUT2D eigenvalue weighted by Gasteiger charge is 2.30. The molecule has 0 radical (unpaired) electrons. The smallest absolute Gasteiger partial charge is 0.261 e. The minimum Gasteiger partial charge on any atom is -0.484 e. The number of hydrogen-bond donors (Lipinski definition) is 1. The summed E-state index contributed by atoms with van der Waals surface area (Å²) in [6, 6.07) is 14.6. The van der Waals surface area contributed by atoms with Gasteiger partial charge in [-0.3, -0.25) is 9.59 Å². The first kappa shape index (κ1) is 24.1. The Morgan fingerprint density at radius 1 is 1.06 bits per heavy atom. The second kappa shape index (κ2) is 11.9. The number of hydrogen-bond acceptors (Lipinski definition) is 3. The summed E-state index contributed by atoms with van der Waals surface area (Å²) in [5.74, 6) is 0.273. The molecule has 2 amide bonds. The molecule has 1 aliphatic carbocycles. The Morgan fingerprint density at radius 3 is 2.34 bits per heavy atom. The molecule has 0 unspecified atom stereocenters. The molecule has 1 fully saturated rings. The maximum Gasteiger partial charge on any atom is 0.261 e. The second-order valence-electron chi connectivity index (χ2n) is 8.52. The van der Waals surface area contributed by atoms with Gasteiger partial charge in [-0.15, -0.1) is 0 Å². The molecule has 0 aliphatic heterocycles. The molecule has 0 bridgehead atoms. The largest absolute Gasteiger partial charge is 0.484 e. The maximum atomic E-state index is 13.2. The van der Waals surface area contributed by atoms with Gasteiger partial charge in [0.2, 0.25) is 5.91 Å². The number of ether oxygens (including phenoxy) is 1. The van der Waals surface area contributed by atoms with Gasteiger partial charge in [0.25, 0.3) is 5.91 Å². The van der Waals surface area contributed by atoms with Gasteiger partial charge in [-0.05, 0) is 56.0 Å². The predicted molar refractivity (Wildman–Crippen MR) is 128 cm³/mol. The van der Waals surface area contributed by atoms with Crippen LogP contribution in [0.1, 0.15) is 56.6 Å². The summed E-state index contributed by atoms with van der Waals surface area (Å²) in [4.78, 5) is 28.1. The fourth-order valence-electron chi connectivity index (χ4n) is 4.11. The Kier molecular flexibility index (Phi) is 8.98. The Morgan fingerprint density at radius 2 is 1.72 bits per heavy atom. The van der Waals surface area contributed by atoms with E-state index in [1.807, 2.05) is 38.1 Å². The number of carbonyl (C=O) groups excluding carboxylic acids is 2. The van der Waals surface area contributed by atoms with Crippen LogP contribution < -0.4 is 10.1 Å². The quantitative estimate of drug-likeness (QED) is 0.558. The zero-order valence-corrected chi connectivity index (χ0v) is 19.7. The Bertz CT molecular complexity index is 877. The minimum absolute atomic E-state index is 0.0774. The normalized spacial score (nSPS) is 15.1. The Labute approximate surface area is 196 Å². The van der Waals surface area contributed by atoms with Crippen molar-refractivity contribution in [2.24, 2.45) is 0 Å². The van der Waals surface area contributed by atoms with Gasteiger partial charge in [0.1, 0.15) is 11.8 Å². The predicted octanol–water partition coefficient (Wildman–Crippen LogP) is 5.28. The lowest BCUT2D eigenvalue weighted by Crippen LogP contribution is -2.52. The molecular weight excluding hydrogens is 424 g/mol. The van der Waals surface area contributed by atoms with Crippen LogP contribution >= 0.6 is 11.6 Å². The first-order valence-electron chi connectivity index (χ1n) is 11.5. The van der Waals surface area contributed by atoms with E-state index in [0.29, 0.717) is 23.7 Å². The molecule has 6 heteroatoms. The zero-order chi connectivity index (χ0) is 22.9. The molecule has 2 aromatic carbocycles. The highest BCUT2D eigenvalue weighted by Crippen LogP contribution is 2.20. The van der Waals surface area contributed by atoms with E-state index in [-0.39, 0.29) is 24.5 Å². The average molecular weight is 457 g/mol. The number of nitrogens with one attached hydrogen (secondary N) is 1. The summed E-state index contributed by atoms with van der Waals surface area (Å²) < 4.78 is 5.70. The number of halogens is 1. The van der Waals surface area contributed by atoms with E-state index in [0.717, 1.165) is 36.8 Å². The van der Waals surface area contributed by atoms with Gasteiger partial charge in [-0.25, -0.2) is 0 Å². The van der Waals surface area contributed by atoms with E-state index in [2.05, 4.69) is 5.32 Å². The fourth-order valence-corrected chi connectivity index (χ4v) is 4.24. The molecule has 0 saturated heterocycles. The summed E-state index contributed by atoms with van der Waals surface area (Å²) in [6.07, 6.45) is 6.06. The monoisotopic (exact) mass is 456 g/mol. The van der Waals surface area contributed by atoms with Gasteiger partial charge in [0.05, 0.1) is 0 Å². The molecule has 0 spiro atoms. The van der Waals surface area contributed by atoms with Crippen molar-refractivity contribution in [1.82, 2.24) is 10.2 Å². The fraction of sp³-hybridized carbons (Fsp3) is 0.462. The third-order valence-electron chi connectivity index (χ3n) is 5.99. The van der Waals surface area contributed by atoms with Crippen LogP contribution in [0.2, 0.25) is 5.02 Å². The molecule has 3 rings (SSSR count). The molecule has 2 aromatic rings. The van der Waals surface area contributed by atoms with E-state index in [4.69, 9.17) is 16.3 Å². The number of amides is 2. The lowest BCUT2D eigenvalue weighted by atomic mass is 9.95. The Balaban J connectivity index is 1.73. The molecule has 5 nitrogen and oxygen atoms in total. The van der Waals surface area contributed by atoms with E-state index in [1.54, 1.807) is 29.2 Å². The van der Waals surface area contributed by atoms with Crippen molar-refractivity contribution in [3.63, 3.8) is 0 Å². The lowest BCUT2D eigenvalue weighted by molar-refractivity contribution is -0.143. The van der Waals surface area contributed by atoms with Crippen LogP contribution in [0.25, 0.3) is 0 Å². The topological polar surface area (TPSA) is 58.6 Å². The molecule has 1 saturated carbocycles. The van der Waals surface area contributed by atoms with E-state index in [1.165, 1.54) is 6.42 Å². The molecule has 172 valence electrons. The van der Waals surface area contributed by atoms with Crippen LogP contribution in [-0.2, 0) is 16.1 Å². The first-order chi connectivity index (χ1) is 15.5. The van der Waals surface area contributed by atoms with Crippen molar-refractivity contribution in [2.45, 2.75) is 71.0 Å². The highest BCUT2D eigenvalue weighted by atomic mass is 35.5. The third kappa shape index (κ3) is 6.99. The number of benzene rings is 2. The molecule has 1 atom stereocenters. The second-order valence-corrected chi connectivity index (χ2v) is 8.95. The van der Waals surface area contributed by atoms with Gasteiger partial charge in [0, 0.05) is 17.6 Å². The van der Waals surface area contributed by atoms with Crippen LogP contribution in [0.3, 0.4) is 0 Å². The van der Waals surface area contributed by atoms with Gasteiger partial charge in [-0.2, -0.15) is 0 Å². The van der Waals surface area contributed by atoms with Gasteiger partial charge >= 0.3 is 0 Å². The van der Waals surface area contributed by atoms with Crippen LogP contribution in [-0.4, -0.2) is 35.4 Å². The number of rotatable bonds is 9. The maximum absolute atomic E-state index is 13.2. The third-order valence-corrected chi connectivity index (χ3v) is 6.24. The van der Waals surface area contributed by atoms with Crippen molar-refractivity contribution < 1.29 is 14.3 Å². The first-order valence-corrected chi connectivity index (χ1v) is 11.9. The van der Waals surface area contributed by atoms with E-state index >= 15 is 0 Å². The average Bonchev–Trinajstić information content (AvgIpc) is 2.80. The summed E-state index contributed by atoms with van der Waals surface area (Å²) in [6.45, 7) is 4.19. The van der Waals surface area contributed by atoms with Crippen molar-refractivity contribution in [3.8, 4) is 5.75 Å². The molecule has 0 heterocycles. The molecule has 1 aliphatic rings. The van der Waals surface area contributed by atoms with Crippen LogP contribution in [0.4, 0.5) is 0 Å². The van der Waals surface area contributed by atoms with E-state index in [9.17, 15) is 9.59 Å². The highest BCUT2D eigenvalue weighted by molar-refractivity contribution is 6.30. The zero-order valence-electron chi connectivity index (χ0n) is 19.0. The summed E-state index contributed by atoms with van der Waals surface area (Å²) >= 11 is 5.93. The SMILES string of the molecule is CC[C@@H](C(=O)NC1CCCCC1)N(Cc1ccc(C)cc1)C(=O)COc1ccc(Cl)cc1.